The van der Waals surface area contributed by atoms with Crippen LogP contribution in [0.1, 0.15) is 38.9 Å². The highest BCUT2D eigenvalue weighted by Gasteiger charge is 2.35. The van der Waals surface area contributed by atoms with Gasteiger partial charge in [0, 0.05) is 44.3 Å². The van der Waals surface area contributed by atoms with Crippen molar-refractivity contribution in [3.8, 4) is 6.07 Å². The molecule has 0 saturated carbocycles. The maximum atomic E-state index is 12.8. The number of aromatic nitrogens is 5. The molecular formula is C24H28N8OS. The highest BCUT2D eigenvalue weighted by atomic mass is 32.1. The van der Waals surface area contributed by atoms with Gasteiger partial charge in [-0.05, 0) is 32.4 Å². The van der Waals surface area contributed by atoms with Crippen molar-refractivity contribution >= 4 is 38.4 Å². The first-order valence-electron chi connectivity index (χ1n) is 11.6. The molecule has 0 spiro atoms. The topological polar surface area (TPSA) is 95.9 Å². The van der Waals surface area contributed by atoms with E-state index in [1.54, 1.807) is 39.9 Å². The van der Waals surface area contributed by atoms with Crippen LogP contribution in [0.15, 0.2) is 34.7 Å². The van der Waals surface area contributed by atoms with Crippen molar-refractivity contribution in [2.75, 3.05) is 18.0 Å². The average Bonchev–Trinajstić information content (AvgIpc) is 3.48. The van der Waals surface area contributed by atoms with Crippen LogP contribution in [-0.4, -0.2) is 54.4 Å². The maximum absolute atomic E-state index is 12.8. The van der Waals surface area contributed by atoms with Crippen molar-refractivity contribution in [1.29, 1.82) is 5.26 Å². The molecule has 4 aromatic rings. The Bertz CT molecular complexity index is 1450. The van der Waals surface area contributed by atoms with Crippen molar-refractivity contribution in [3.63, 3.8) is 0 Å². The lowest BCUT2D eigenvalue weighted by molar-refractivity contribution is 0.104. The molecule has 5 heterocycles. The van der Waals surface area contributed by atoms with E-state index >= 15 is 0 Å². The first-order valence-corrected chi connectivity index (χ1v) is 12.5. The Morgan fingerprint density at radius 1 is 1.32 bits per heavy atom. The fourth-order valence-corrected chi connectivity index (χ4v) is 5.68. The Morgan fingerprint density at radius 3 is 2.91 bits per heavy atom. The molecule has 1 saturated heterocycles. The molecule has 0 aliphatic carbocycles. The number of hydrogen-bond acceptors (Lipinski definition) is 8. The number of aryl methyl sites for hydroxylation is 1. The number of rotatable bonds is 5. The molecule has 0 radical (unpaired) electrons. The molecule has 10 heteroatoms. The van der Waals surface area contributed by atoms with Crippen LogP contribution in [0.2, 0.25) is 0 Å². The minimum absolute atomic E-state index is 0.0721. The van der Waals surface area contributed by atoms with E-state index in [1.165, 1.54) is 0 Å². The van der Waals surface area contributed by atoms with E-state index in [0.29, 0.717) is 6.04 Å². The molecule has 3 atom stereocenters. The van der Waals surface area contributed by atoms with Crippen LogP contribution >= 0.6 is 11.3 Å². The summed E-state index contributed by atoms with van der Waals surface area (Å²) in [5, 5.41) is 13.8. The number of hydrogen-bond donors (Lipinski definition) is 0. The van der Waals surface area contributed by atoms with Crippen molar-refractivity contribution < 1.29 is 0 Å². The molecule has 0 bridgehead atoms. The van der Waals surface area contributed by atoms with Crippen molar-refractivity contribution in [2.45, 2.75) is 51.9 Å². The lowest BCUT2D eigenvalue weighted by Crippen LogP contribution is -2.58. The number of thiazole rings is 1. The van der Waals surface area contributed by atoms with Crippen LogP contribution in [-0.2, 0) is 13.6 Å². The van der Waals surface area contributed by atoms with E-state index in [2.05, 4.69) is 58.9 Å². The van der Waals surface area contributed by atoms with Gasteiger partial charge in [-0.2, -0.15) is 10.4 Å². The summed E-state index contributed by atoms with van der Waals surface area (Å²) in [5.41, 5.74) is 6.12. The average molecular weight is 477 g/mol. The molecule has 0 aromatic carbocycles. The highest BCUT2D eigenvalue weighted by Crippen LogP contribution is 2.33. The van der Waals surface area contributed by atoms with E-state index in [1.807, 2.05) is 5.51 Å². The van der Waals surface area contributed by atoms with Gasteiger partial charge in [-0.1, -0.05) is 6.92 Å². The molecular weight excluding hydrogens is 448 g/mol. The molecule has 176 valence electrons. The third-order valence-electron chi connectivity index (χ3n) is 6.98. The minimum Gasteiger partial charge on any atom is -0.364 e. The standard InChI is InChI=1S/C24H28N8OS/c1-5-17-12-31(20-10-22(33)29(4)21-13-30(9-8-25)28-23(20)21)15(2)11-32(17)16(3)18-6-7-19-24(27-18)34-14-26-19/h6-7,10,13-17H,5,9,11-12H2,1-4H3/t15-,16-,17+/m0/s1. The van der Waals surface area contributed by atoms with Crippen LogP contribution in [0.4, 0.5) is 5.69 Å². The predicted octanol–water partition coefficient (Wildman–Crippen LogP) is 3.31. The molecule has 1 fully saturated rings. The lowest BCUT2D eigenvalue weighted by atomic mass is 10.00. The van der Waals surface area contributed by atoms with Gasteiger partial charge < -0.3 is 9.47 Å². The summed E-state index contributed by atoms with van der Waals surface area (Å²) >= 11 is 1.57. The smallest absolute Gasteiger partial charge is 0.252 e. The number of pyridine rings is 2. The molecule has 1 aliphatic rings. The summed E-state index contributed by atoms with van der Waals surface area (Å²) < 4.78 is 3.20. The van der Waals surface area contributed by atoms with E-state index in [-0.39, 0.29) is 24.2 Å². The van der Waals surface area contributed by atoms with Gasteiger partial charge in [0.05, 0.1) is 40.2 Å². The van der Waals surface area contributed by atoms with Crippen molar-refractivity contribution in [2.24, 2.45) is 7.05 Å². The van der Waals surface area contributed by atoms with E-state index in [0.717, 1.165) is 52.3 Å². The lowest BCUT2D eigenvalue weighted by Gasteiger charge is -2.48. The molecule has 4 aromatic heterocycles. The number of nitriles is 1. The monoisotopic (exact) mass is 476 g/mol. The fourth-order valence-electron chi connectivity index (χ4n) is 5.02. The molecule has 0 N–H and O–H groups in total. The van der Waals surface area contributed by atoms with Crippen molar-refractivity contribution in [1.82, 2.24) is 29.2 Å². The predicted molar refractivity (Wildman–Crippen MR) is 134 cm³/mol. The van der Waals surface area contributed by atoms with Gasteiger partial charge in [-0.25, -0.2) is 9.97 Å². The van der Waals surface area contributed by atoms with Gasteiger partial charge >= 0.3 is 0 Å². The first kappa shape index (κ1) is 22.5. The second kappa shape index (κ2) is 8.81. The third kappa shape index (κ3) is 3.75. The molecule has 5 rings (SSSR count). The van der Waals surface area contributed by atoms with Gasteiger partial charge in [0.2, 0.25) is 0 Å². The van der Waals surface area contributed by atoms with Crippen LogP contribution in [0.3, 0.4) is 0 Å². The SMILES string of the molecule is CC[C@@H]1CN(c2cc(=O)n(C)c3cn(CC#N)nc23)[C@@H](C)CN1[C@@H](C)c1ccc2ncsc2n1. The summed E-state index contributed by atoms with van der Waals surface area (Å²) in [4.78, 5) is 27.8. The summed E-state index contributed by atoms with van der Waals surface area (Å²) in [6, 6.07) is 8.60. The normalized spacial score (nSPS) is 20.1. The zero-order chi connectivity index (χ0) is 24.0. The second-order valence-electron chi connectivity index (χ2n) is 8.99. The van der Waals surface area contributed by atoms with Gasteiger partial charge in [0.1, 0.15) is 16.9 Å². The zero-order valence-electron chi connectivity index (χ0n) is 19.8. The summed E-state index contributed by atoms with van der Waals surface area (Å²) in [5.74, 6) is 0. The van der Waals surface area contributed by atoms with Crippen LogP contribution < -0.4 is 10.5 Å². The van der Waals surface area contributed by atoms with Gasteiger partial charge in [0.15, 0.2) is 0 Å². The third-order valence-corrected chi connectivity index (χ3v) is 7.71. The van der Waals surface area contributed by atoms with Gasteiger partial charge in [-0.15, -0.1) is 11.3 Å². The summed E-state index contributed by atoms with van der Waals surface area (Å²) in [7, 11) is 1.75. The van der Waals surface area contributed by atoms with E-state index in [4.69, 9.17) is 10.2 Å². The summed E-state index contributed by atoms with van der Waals surface area (Å²) in [6.45, 7) is 8.41. The Morgan fingerprint density at radius 2 is 2.15 bits per heavy atom. The molecule has 0 amide bonds. The van der Waals surface area contributed by atoms with Crippen molar-refractivity contribution in [3.05, 3.63) is 46.0 Å². The number of anilines is 1. The van der Waals surface area contributed by atoms with E-state index < -0.39 is 0 Å². The van der Waals surface area contributed by atoms with Crippen LogP contribution in [0.25, 0.3) is 21.4 Å². The van der Waals surface area contributed by atoms with E-state index in [9.17, 15) is 4.79 Å². The first-order chi connectivity index (χ1) is 16.4. The highest BCUT2D eigenvalue weighted by molar-refractivity contribution is 7.16. The van der Waals surface area contributed by atoms with Crippen LogP contribution in [0.5, 0.6) is 0 Å². The fraction of sp³-hybridized carbons (Fsp3) is 0.458. The zero-order valence-corrected chi connectivity index (χ0v) is 20.7. The Labute approximate surface area is 201 Å². The van der Waals surface area contributed by atoms with Gasteiger partial charge in [0.25, 0.3) is 5.56 Å². The maximum Gasteiger partial charge on any atom is 0.252 e. The number of piperazine rings is 1. The Hall–Kier alpha value is -3.29. The minimum atomic E-state index is -0.0721. The Balaban J connectivity index is 1.48. The molecule has 0 unspecified atom stereocenters. The summed E-state index contributed by atoms with van der Waals surface area (Å²) in [6.07, 6.45) is 2.76. The largest absolute Gasteiger partial charge is 0.364 e. The number of nitrogens with zero attached hydrogens (tertiary/aromatic N) is 8. The van der Waals surface area contributed by atoms with Gasteiger partial charge in [-0.3, -0.25) is 14.4 Å². The molecule has 9 nitrogen and oxygen atoms in total. The number of fused-ring (bicyclic) bond motifs is 2. The Kier molecular flexibility index (Phi) is 5.83. The van der Waals surface area contributed by atoms with Crippen LogP contribution in [0, 0.1) is 11.3 Å². The molecule has 34 heavy (non-hydrogen) atoms. The quantitative estimate of drug-likeness (QED) is 0.436. The molecule has 1 aliphatic heterocycles. The second-order valence-corrected chi connectivity index (χ2v) is 9.83.